The maximum absolute atomic E-state index is 4.54. The molecule has 0 radical (unpaired) electrons. The Morgan fingerprint density at radius 2 is 1.86 bits per heavy atom. The second-order valence-electron chi connectivity index (χ2n) is 5.82. The van der Waals surface area contributed by atoms with Gasteiger partial charge in [0.15, 0.2) is 0 Å². The Balaban J connectivity index is 2.14. The minimum absolute atomic E-state index is 0.626. The first kappa shape index (κ1) is 16.2. The highest BCUT2D eigenvalue weighted by Gasteiger charge is 2.05. The lowest BCUT2D eigenvalue weighted by Crippen LogP contribution is -2.21. The van der Waals surface area contributed by atoms with E-state index in [1.807, 2.05) is 25.1 Å². The van der Waals surface area contributed by atoms with E-state index in [4.69, 9.17) is 0 Å². The van der Waals surface area contributed by atoms with E-state index in [2.05, 4.69) is 59.5 Å². The molecule has 0 atom stereocenters. The molecule has 2 N–H and O–H groups in total. The second kappa shape index (κ2) is 7.22. The molecular weight excluding hydrogens is 274 g/mol. The summed E-state index contributed by atoms with van der Waals surface area (Å²) in [6.45, 7) is 8.00. The summed E-state index contributed by atoms with van der Waals surface area (Å²) < 4.78 is 0. The van der Waals surface area contributed by atoms with Crippen molar-refractivity contribution in [1.82, 2.24) is 14.9 Å². The van der Waals surface area contributed by atoms with E-state index in [0.717, 1.165) is 30.3 Å². The highest BCUT2D eigenvalue weighted by molar-refractivity contribution is 5.61. The molecule has 1 aromatic heterocycles. The third-order valence-corrected chi connectivity index (χ3v) is 3.57. The van der Waals surface area contributed by atoms with Gasteiger partial charge in [0.05, 0.1) is 0 Å². The van der Waals surface area contributed by atoms with Crippen LogP contribution in [0.1, 0.15) is 16.8 Å². The molecule has 0 fully saturated rings. The van der Waals surface area contributed by atoms with Crippen LogP contribution in [0.3, 0.4) is 0 Å². The summed E-state index contributed by atoms with van der Waals surface area (Å²) in [5, 5.41) is 6.66. The van der Waals surface area contributed by atoms with Crippen LogP contribution >= 0.6 is 0 Å². The number of likely N-dealkylation sites (N-methyl/N-ethyl adjacent to an activating group) is 1. The quantitative estimate of drug-likeness (QED) is 0.858. The first-order valence-electron chi connectivity index (χ1n) is 7.53. The summed E-state index contributed by atoms with van der Waals surface area (Å²) in [6, 6.07) is 8.15. The van der Waals surface area contributed by atoms with E-state index in [1.54, 1.807) is 0 Å². The van der Waals surface area contributed by atoms with Crippen molar-refractivity contribution in [2.75, 3.05) is 37.8 Å². The number of hydrogen-bond donors (Lipinski definition) is 2. The lowest BCUT2D eigenvalue weighted by Gasteiger charge is -2.13. The van der Waals surface area contributed by atoms with E-state index in [1.165, 1.54) is 11.1 Å². The van der Waals surface area contributed by atoms with Gasteiger partial charge in [-0.15, -0.1) is 0 Å². The standard InChI is InChI=1S/C17H25N5/c1-12-7-6-8-15(14(12)3)20-17-19-13(2)11-16(21-17)18-9-10-22(4)5/h6-8,11H,9-10H2,1-5H3,(H2,18,19,20,21). The van der Waals surface area contributed by atoms with Crippen molar-refractivity contribution in [3.63, 3.8) is 0 Å². The van der Waals surface area contributed by atoms with E-state index in [0.29, 0.717) is 5.95 Å². The maximum atomic E-state index is 4.54. The minimum atomic E-state index is 0.626. The van der Waals surface area contributed by atoms with Gasteiger partial charge in [-0.2, -0.15) is 4.98 Å². The molecule has 118 valence electrons. The molecule has 0 aliphatic rings. The number of rotatable bonds is 6. The van der Waals surface area contributed by atoms with Crippen molar-refractivity contribution in [2.45, 2.75) is 20.8 Å². The third kappa shape index (κ3) is 4.43. The largest absolute Gasteiger partial charge is 0.369 e. The van der Waals surface area contributed by atoms with Crippen molar-refractivity contribution in [1.29, 1.82) is 0 Å². The van der Waals surface area contributed by atoms with Gasteiger partial charge in [-0.25, -0.2) is 4.98 Å². The molecule has 2 rings (SSSR count). The first-order chi connectivity index (χ1) is 10.5. The topological polar surface area (TPSA) is 53.1 Å². The number of aryl methyl sites for hydroxylation is 2. The summed E-state index contributed by atoms with van der Waals surface area (Å²) in [5.74, 6) is 1.48. The Kier molecular flexibility index (Phi) is 5.33. The van der Waals surface area contributed by atoms with Crippen molar-refractivity contribution in [3.05, 3.63) is 41.1 Å². The van der Waals surface area contributed by atoms with Crippen LogP contribution in [-0.2, 0) is 0 Å². The zero-order chi connectivity index (χ0) is 16.1. The zero-order valence-electron chi connectivity index (χ0n) is 14.1. The number of nitrogens with one attached hydrogen (secondary N) is 2. The van der Waals surface area contributed by atoms with Crippen LogP contribution in [0.2, 0.25) is 0 Å². The van der Waals surface area contributed by atoms with Crippen LogP contribution in [0, 0.1) is 20.8 Å². The molecule has 5 nitrogen and oxygen atoms in total. The molecular formula is C17H25N5. The van der Waals surface area contributed by atoms with Gasteiger partial charge in [0, 0.05) is 30.5 Å². The zero-order valence-corrected chi connectivity index (χ0v) is 14.1. The molecule has 0 unspecified atom stereocenters. The van der Waals surface area contributed by atoms with Crippen molar-refractivity contribution in [2.24, 2.45) is 0 Å². The van der Waals surface area contributed by atoms with Gasteiger partial charge in [-0.3, -0.25) is 0 Å². The molecule has 0 saturated heterocycles. The third-order valence-electron chi connectivity index (χ3n) is 3.57. The Labute approximate surface area is 132 Å². The van der Waals surface area contributed by atoms with Gasteiger partial charge in [0.25, 0.3) is 0 Å². The average molecular weight is 299 g/mol. The van der Waals surface area contributed by atoms with Crippen molar-refractivity contribution < 1.29 is 0 Å². The molecule has 0 bridgehead atoms. The van der Waals surface area contributed by atoms with Crippen LogP contribution in [-0.4, -0.2) is 42.1 Å². The summed E-state index contributed by atoms with van der Waals surface area (Å²) in [7, 11) is 4.11. The Bertz CT molecular complexity index is 637. The van der Waals surface area contributed by atoms with Crippen LogP contribution < -0.4 is 10.6 Å². The first-order valence-corrected chi connectivity index (χ1v) is 7.53. The molecule has 22 heavy (non-hydrogen) atoms. The minimum Gasteiger partial charge on any atom is -0.369 e. The highest BCUT2D eigenvalue weighted by atomic mass is 15.2. The number of benzene rings is 1. The summed E-state index contributed by atoms with van der Waals surface area (Å²) in [6.07, 6.45) is 0. The van der Waals surface area contributed by atoms with E-state index in [9.17, 15) is 0 Å². The molecule has 0 aliphatic heterocycles. The molecule has 1 aromatic carbocycles. The normalized spacial score (nSPS) is 10.8. The predicted octanol–water partition coefficient (Wildman–Crippen LogP) is 3.12. The summed E-state index contributed by atoms with van der Waals surface area (Å²) >= 11 is 0. The monoisotopic (exact) mass is 299 g/mol. The fourth-order valence-corrected chi connectivity index (χ4v) is 2.13. The van der Waals surface area contributed by atoms with Crippen molar-refractivity contribution >= 4 is 17.5 Å². The summed E-state index contributed by atoms with van der Waals surface area (Å²) in [4.78, 5) is 11.2. The number of nitrogens with zero attached hydrogens (tertiary/aromatic N) is 3. The van der Waals surface area contributed by atoms with Gasteiger partial charge in [-0.05, 0) is 52.1 Å². The van der Waals surface area contributed by atoms with Gasteiger partial charge < -0.3 is 15.5 Å². The van der Waals surface area contributed by atoms with Crippen LogP contribution in [0.25, 0.3) is 0 Å². The molecule has 0 amide bonds. The fraction of sp³-hybridized carbons (Fsp3) is 0.412. The second-order valence-corrected chi connectivity index (χ2v) is 5.82. The predicted molar refractivity (Wildman–Crippen MR) is 93.0 cm³/mol. The summed E-state index contributed by atoms with van der Waals surface area (Å²) in [5.41, 5.74) is 4.46. The van der Waals surface area contributed by atoms with Gasteiger partial charge in [0.1, 0.15) is 5.82 Å². The van der Waals surface area contributed by atoms with E-state index < -0.39 is 0 Å². The van der Waals surface area contributed by atoms with Crippen LogP contribution in [0.4, 0.5) is 17.5 Å². The van der Waals surface area contributed by atoms with Gasteiger partial charge in [0.2, 0.25) is 5.95 Å². The van der Waals surface area contributed by atoms with Gasteiger partial charge >= 0.3 is 0 Å². The molecule has 0 saturated carbocycles. The Hall–Kier alpha value is -2.14. The lowest BCUT2D eigenvalue weighted by atomic mass is 10.1. The highest BCUT2D eigenvalue weighted by Crippen LogP contribution is 2.21. The van der Waals surface area contributed by atoms with Gasteiger partial charge in [-0.1, -0.05) is 12.1 Å². The van der Waals surface area contributed by atoms with Crippen molar-refractivity contribution in [3.8, 4) is 0 Å². The van der Waals surface area contributed by atoms with E-state index >= 15 is 0 Å². The fourth-order valence-electron chi connectivity index (χ4n) is 2.13. The average Bonchev–Trinajstić information content (AvgIpc) is 2.43. The number of hydrogen-bond acceptors (Lipinski definition) is 5. The SMILES string of the molecule is Cc1cc(NCCN(C)C)nc(Nc2cccc(C)c2C)n1. The molecule has 5 heteroatoms. The van der Waals surface area contributed by atoms with E-state index in [-0.39, 0.29) is 0 Å². The molecule has 1 heterocycles. The molecule has 2 aromatic rings. The Morgan fingerprint density at radius 3 is 2.59 bits per heavy atom. The maximum Gasteiger partial charge on any atom is 0.229 e. The smallest absolute Gasteiger partial charge is 0.229 e. The Morgan fingerprint density at radius 1 is 1.09 bits per heavy atom. The number of anilines is 3. The molecule has 0 aliphatic carbocycles. The van der Waals surface area contributed by atoms with Crippen LogP contribution in [0.15, 0.2) is 24.3 Å². The number of aromatic nitrogens is 2. The van der Waals surface area contributed by atoms with Crippen LogP contribution in [0.5, 0.6) is 0 Å². The lowest BCUT2D eigenvalue weighted by molar-refractivity contribution is 0.425. The molecule has 0 spiro atoms.